The summed E-state index contributed by atoms with van der Waals surface area (Å²) in [5.74, 6) is 0. The van der Waals surface area contributed by atoms with Gasteiger partial charge in [-0.2, -0.15) is 0 Å². The fourth-order valence-electron chi connectivity index (χ4n) is 8.07. The van der Waals surface area contributed by atoms with Crippen LogP contribution in [-0.2, 0) is 5.41 Å². The van der Waals surface area contributed by atoms with E-state index in [0.29, 0.717) is 5.71 Å². The van der Waals surface area contributed by atoms with Crippen LogP contribution in [0.4, 0.5) is 17.1 Å². The molecule has 0 bridgehead atoms. The maximum atomic E-state index is 9.72. The first kappa shape index (κ1) is 32.2. The van der Waals surface area contributed by atoms with Crippen molar-refractivity contribution in [3.05, 3.63) is 221 Å². The molecule has 0 saturated heterocycles. The molecule has 53 heavy (non-hydrogen) atoms. The van der Waals surface area contributed by atoms with E-state index in [4.69, 9.17) is 0 Å². The van der Waals surface area contributed by atoms with Crippen molar-refractivity contribution >= 4 is 45.8 Å². The van der Waals surface area contributed by atoms with Crippen molar-refractivity contribution in [3.8, 4) is 11.1 Å². The Morgan fingerprint density at radius 3 is 1.83 bits per heavy atom. The van der Waals surface area contributed by atoms with Crippen LogP contribution < -0.4 is 10.2 Å². The molecule has 2 N–H and O–H groups in total. The SMILES string of the molecule is CC1(C)c2ccccc2-c2ccc(N(c3ccccc3)c3cccc4c3C=C(c3ccccc3)N/C4=C(\C(=N)c3ccccc3)c3ccccc3)cc21. The highest BCUT2D eigenvalue weighted by Crippen LogP contribution is 2.51. The minimum absolute atomic E-state index is 0.136. The van der Waals surface area contributed by atoms with Gasteiger partial charge >= 0.3 is 0 Å². The fourth-order valence-corrected chi connectivity index (χ4v) is 8.07. The molecule has 0 saturated carbocycles. The van der Waals surface area contributed by atoms with Crippen LogP contribution in [0.15, 0.2) is 182 Å². The third-order valence-electron chi connectivity index (χ3n) is 10.7. The molecule has 9 rings (SSSR count). The van der Waals surface area contributed by atoms with E-state index in [9.17, 15) is 5.41 Å². The van der Waals surface area contributed by atoms with Crippen molar-refractivity contribution in [1.82, 2.24) is 5.32 Å². The Bertz CT molecular complexity index is 2550. The lowest BCUT2D eigenvalue weighted by molar-refractivity contribution is 0.660. The van der Waals surface area contributed by atoms with Gasteiger partial charge < -0.3 is 10.2 Å². The number of rotatable bonds is 7. The van der Waals surface area contributed by atoms with Crippen LogP contribution in [-0.4, -0.2) is 5.71 Å². The van der Waals surface area contributed by atoms with E-state index in [1.807, 2.05) is 54.6 Å². The summed E-state index contributed by atoms with van der Waals surface area (Å²) in [6.45, 7) is 4.67. The maximum Gasteiger partial charge on any atom is 0.0711 e. The second-order valence-electron chi connectivity index (χ2n) is 14.2. The monoisotopic (exact) mass is 681 g/mol. The number of para-hydroxylation sites is 1. The third-order valence-corrected chi connectivity index (χ3v) is 10.7. The molecule has 1 aliphatic heterocycles. The number of hydrogen-bond donors (Lipinski definition) is 2. The van der Waals surface area contributed by atoms with E-state index in [-0.39, 0.29) is 5.41 Å². The molecule has 0 aromatic heterocycles. The molecule has 1 heterocycles. The first-order valence-corrected chi connectivity index (χ1v) is 18.2. The molecular formula is C50H39N3. The minimum atomic E-state index is -0.136. The largest absolute Gasteiger partial charge is 0.354 e. The summed E-state index contributed by atoms with van der Waals surface area (Å²) in [5.41, 5.74) is 16.6. The van der Waals surface area contributed by atoms with E-state index in [0.717, 1.165) is 61.8 Å². The fraction of sp³-hybridized carbons (Fsp3) is 0.0600. The summed E-state index contributed by atoms with van der Waals surface area (Å²) in [5, 5.41) is 13.6. The van der Waals surface area contributed by atoms with Gasteiger partial charge in [-0.05, 0) is 69.8 Å². The van der Waals surface area contributed by atoms with Crippen LogP contribution >= 0.6 is 0 Å². The van der Waals surface area contributed by atoms with Gasteiger partial charge in [0, 0.05) is 44.8 Å². The van der Waals surface area contributed by atoms with Crippen LogP contribution in [0.2, 0.25) is 0 Å². The molecule has 7 aromatic carbocycles. The average Bonchev–Trinajstić information content (AvgIpc) is 3.45. The van der Waals surface area contributed by atoms with Gasteiger partial charge in [0.25, 0.3) is 0 Å². The number of fused-ring (bicyclic) bond motifs is 4. The van der Waals surface area contributed by atoms with Gasteiger partial charge in [-0.15, -0.1) is 0 Å². The van der Waals surface area contributed by atoms with Crippen molar-refractivity contribution in [1.29, 1.82) is 5.41 Å². The summed E-state index contributed by atoms with van der Waals surface area (Å²) >= 11 is 0. The maximum absolute atomic E-state index is 9.72. The molecule has 2 aliphatic rings. The molecule has 0 fully saturated rings. The molecule has 254 valence electrons. The topological polar surface area (TPSA) is 39.1 Å². The van der Waals surface area contributed by atoms with E-state index < -0.39 is 0 Å². The van der Waals surface area contributed by atoms with Crippen LogP contribution in [0, 0.1) is 5.41 Å². The van der Waals surface area contributed by atoms with E-state index >= 15 is 0 Å². The summed E-state index contributed by atoms with van der Waals surface area (Å²) in [7, 11) is 0. The van der Waals surface area contributed by atoms with E-state index in [1.165, 1.54) is 22.3 Å². The van der Waals surface area contributed by atoms with Crippen molar-refractivity contribution in [2.75, 3.05) is 4.90 Å². The zero-order chi connectivity index (χ0) is 35.9. The van der Waals surface area contributed by atoms with Gasteiger partial charge in [0.2, 0.25) is 0 Å². The van der Waals surface area contributed by atoms with Crippen LogP contribution in [0.3, 0.4) is 0 Å². The third kappa shape index (κ3) is 5.58. The van der Waals surface area contributed by atoms with Gasteiger partial charge in [0.05, 0.1) is 17.1 Å². The minimum Gasteiger partial charge on any atom is -0.354 e. The predicted octanol–water partition coefficient (Wildman–Crippen LogP) is 12.5. The Morgan fingerprint density at radius 1 is 0.528 bits per heavy atom. The highest BCUT2D eigenvalue weighted by Gasteiger charge is 2.36. The van der Waals surface area contributed by atoms with Gasteiger partial charge in [0.1, 0.15) is 0 Å². The van der Waals surface area contributed by atoms with Crippen LogP contribution in [0.5, 0.6) is 0 Å². The zero-order valence-corrected chi connectivity index (χ0v) is 29.8. The Balaban J connectivity index is 1.31. The molecule has 0 amide bonds. The van der Waals surface area contributed by atoms with Crippen LogP contribution in [0.1, 0.15) is 52.8 Å². The average molecular weight is 682 g/mol. The van der Waals surface area contributed by atoms with Crippen molar-refractivity contribution in [2.24, 2.45) is 0 Å². The smallest absolute Gasteiger partial charge is 0.0711 e. The second kappa shape index (κ2) is 13.1. The van der Waals surface area contributed by atoms with Crippen molar-refractivity contribution < 1.29 is 0 Å². The first-order chi connectivity index (χ1) is 26.0. The van der Waals surface area contributed by atoms with Crippen LogP contribution in [0.25, 0.3) is 34.2 Å². The summed E-state index contributed by atoms with van der Waals surface area (Å²) in [6, 6.07) is 63.9. The summed E-state index contributed by atoms with van der Waals surface area (Å²) in [6.07, 6.45) is 2.28. The molecule has 0 spiro atoms. The van der Waals surface area contributed by atoms with E-state index in [2.05, 4.69) is 158 Å². The highest BCUT2D eigenvalue weighted by atomic mass is 15.1. The number of benzene rings is 7. The number of nitrogens with zero attached hydrogens (tertiary/aromatic N) is 1. The Kier molecular flexibility index (Phi) is 7.97. The standard InChI is InChI=1S/C50H39N3/c1-50(2)43-28-16-15-26-39(43)40-31-30-38(32-44(40)50)53(37-24-13-6-14-25-37)46-29-17-27-41-42(46)33-45(34-18-7-3-8-19-34)52-49(41)47(35-20-9-4-10-21-35)48(51)36-22-11-5-12-23-36/h3-33,51-52H,1-2H3/b49-47-,51-48?. The predicted molar refractivity (Wildman–Crippen MR) is 223 cm³/mol. The number of allylic oxidation sites excluding steroid dienone is 1. The Labute approximate surface area is 311 Å². The van der Waals surface area contributed by atoms with Crippen molar-refractivity contribution in [2.45, 2.75) is 19.3 Å². The van der Waals surface area contributed by atoms with Gasteiger partial charge in [-0.25, -0.2) is 0 Å². The Hall–Kier alpha value is -6.71. The zero-order valence-electron chi connectivity index (χ0n) is 29.8. The van der Waals surface area contributed by atoms with Gasteiger partial charge in [-0.1, -0.05) is 166 Å². The molecule has 0 atom stereocenters. The number of anilines is 3. The summed E-state index contributed by atoms with van der Waals surface area (Å²) in [4.78, 5) is 2.39. The number of hydrogen-bond acceptors (Lipinski definition) is 3. The highest BCUT2D eigenvalue weighted by molar-refractivity contribution is 6.36. The van der Waals surface area contributed by atoms with E-state index in [1.54, 1.807) is 0 Å². The molecule has 0 unspecified atom stereocenters. The first-order valence-electron chi connectivity index (χ1n) is 18.2. The molecule has 3 heteroatoms. The molecule has 7 aromatic rings. The second-order valence-corrected chi connectivity index (χ2v) is 14.2. The lowest BCUT2D eigenvalue weighted by atomic mass is 9.82. The number of nitrogens with one attached hydrogen (secondary N) is 2. The van der Waals surface area contributed by atoms with Crippen molar-refractivity contribution in [3.63, 3.8) is 0 Å². The van der Waals surface area contributed by atoms with Gasteiger partial charge in [0.15, 0.2) is 0 Å². The normalized spacial score (nSPS) is 14.6. The molecule has 3 nitrogen and oxygen atoms in total. The Morgan fingerprint density at radius 2 is 1.11 bits per heavy atom. The molecule has 0 radical (unpaired) electrons. The van der Waals surface area contributed by atoms with Gasteiger partial charge in [-0.3, -0.25) is 5.41 Å². The lowest BCUT2D eigenvalue weighted by Gasteiger charge is -2.32. The summed E-state index contributed by atoms with van der Waals surface area (Å²) < 4.78 is 0. The quantitative estimate of drug-likeness (QED) is 0.164. The molecular weight excluding hydrogens is 643 g/mol. The molecule has 1 aliphatic carbocycles. The lowest BCUT2D eigenvalue weighted by Crippen LogP contribution is -2.22.